The fourth-order valence-corrected chi connectivity index (χ4v) is 15.7. The molecular formula is C56H92O23. The molecule has 4 heterocycles. The van der Waals surface area contributed by atoms with Crippen molar-refractivity contribution in [3.63, 3.8) is 0 Å². The lowest BCUT2D eigenvalue weighted by molar-refractivity contribution is -0.404. The molecule has 23 nitrogen and oxygen atoms in total. The van der Waals surface area contributed by atoms with Crippen LogP contribution in [0.2, 0.25) is 0 Å². The zero-order valence-electron chi connectivity index (χ0n) is 46.9. The van der Waals surface area contributed by atoms with E-state index in [0.717, 1.165) is 37.7 Å². The Morgan fingerprint density at radius 2 is 1.08 bits per heavy atom. The van der Waals surface area contributed by atoms with E-state index in [0.29, 0.717) is 38.0 Å². The summed E-state index contributed by atoms with van der Waals surface area (Å²) in [6, 6.07) is 0. The Morgan fingerprint density at radius 3 is 1.61 bits per heavy atom. The van der Waals surface area contributed by atoms with Crippen LogP contribution in [0.5, 0.6) is 0 Å². The highest BCUT2D eigenvalue weighted by Crippen LogP contribution is 2.73. The molecule has 0 aromatic heterocycles. The molecule has 14 N–H and O–H groups in total. The van der Waals surface area contributed by atoms with Gasteiger partial charge in [-0.1, -0.05) is 78.7 Å². The predicted octanol–water partition coefficient (Wildman–Crippen LogP) is -0.523. The van der Waals surface area contributed by atoms with Crippen molar-refractivity contribution in [1.82, 2.24) is 0 Å². The van der Waals surface area contributed by atoms with Crippen LogP contribution >= 0.6 is 0 Å². The Labute approximate surface area is 462 Å². The van der Waals surface area contributed by atoms with Gasteiger partial charge in [0.1, 0.15) is 97.7 Å². The SMILES string of the molecule is C=C(CCC(C)C1CCC2(C(=O)O)C3=C(CCC12C)C1(C)CCC(OC2OC(CO)C(O)C(OC4OC(CO)C(OC5OC(CO)C(O)C(O)C5O)C(O)C4O)C2OC2OC(CO)C(O)C(O)C2O)C(C)(C)C1CC3)C(C)(C)C. The topological polar surface area (TPSA) is 374 Å². The Hall–Kier alpha value is -1.89. The lowest BCUT2D eigenvalue weighted by Crippen LogP contribution is -2.68. The van der Waals surface area contributed by atoms with Crippen LogP contribution in [0.1, 0.15) is 120 Å². The number of aliphatic hydroxyl groups is 13. The molecule has 0 spiro atoms. The second-order valence-corrected chi connectivity index (χ2v) is 26.2. The zero-order chi connectivity index (χ0) is 58.2. The summed E-state index contributed by atoms with van der Waals surface area (Å²) >= 11 is 0. The van der Waals surface area contributed by atoms with Gasteiger partial charge in [-0.05, 0) is 104 Å². The van der Waals surface area contributed by atoms with Crippen molar-refractivity contribution in [2.24, 2.45) is 44.8 Å². The third-order valence-electron chi connectivity index (χ3n) is 20.7. The molecule has 27 atom stereocenters. The third-order valence-corrected chi connectivity index (χ3v) is 20.7. The number of allylic oxidation sites excluding steroid dienone is 2. The van der Waals surface area contributed by atoms with Crippen molar-refractivity contribution in [1.29, 1.82) is 0 Å². The average Bonchev–Trinajstić information content (AvgIpc) is 3.94. The molecular weight excluding hydrogens is 1040 g/mol. The number of carboxylic acid groups (broad SMARTS) is 1. The van der Waals surface area contributed by atoms with Gasteiger partial charge in [0.2, 0.25) is 0 Å². The van der Waals surface area contributed by atoms with Crippen molar-refractivity contribution in [3.05, 3.63) is 23.3 Å². The molecule has 454 valence electrons. The number of hydrogen-bond donors (Lipinski definition) is 14. The third kappa shape index (κ3) is 11.0. The minimum atomic E-state index is -2.11. The van der Waals surface area contributed by atoms with Gasteiger partial charge in [-0.2, -0.15) is 0 Å². The second-order valence-electron chi connectivity index (χ2n) is 26.2. The van der Waals surface area contributed by atoms with E-state index in [1.807, 2.05) is 0 Å². The maximum absolute atomic E-state index is 14.1. The quantitative estimate of drug-likeness (QED) is 0.0815. The summed E-state index contributed by atoms with van der Waals surface area (Å²) in [6.07, 6.45) is -29.6. The van der Waals surface area contributed by atoms with E-state index in [1.165, 1.54) is 11.1 Å². The number of carboxylic acids is 1. The van der Waals surface area contributed by atoms with Gasteiger partial charge in [0.05, 0.1) is 37.9 Å². The van der Waals surface area contributed by atoms with Crippen LogP contribution in [-0.4, -0.2) is 233 Å². The summed E-state index contributed by atoms with van der Waals surface area (Å²) in [5, 5.41) is 152. The van der Waals surface area contributed by atoms with Gasteiger partial charge in [-0.25, -0.2) is 0 Å². The van der Waals surface area contributed by atoms with Crippen LogP contribution in [-0.2, 0) is 42.7 Å². The maximum Gasteiger partial charge on any atom is 0.314 e. The Kier molecular flexibility index (Phi) is 19.1. The monoisotopic (exact) mass is 1130 g/mol. The minimum absolute atomic E-state index is 0.0178. The largest absolute Gasteiger partial charge is 0.481 e. The molecule has 4 aliphatic carbocycles. The van der Waals surface area contributed by atoms with Crippen molar-refractivity contribution < 1.29 is 114 Å². The summed E-state index contributed by atoms with van der Waals surface area (Å²) < 4.78 is 48.8. The normalized spacial score (nSPS) is 48.6. The molecule has 79 heavy (non-hydrogen) atoms. The Bertz CT molecular complexity index is 2150. The molecule has 0 amide bonds. The predicted molar refractivity (Wildman–Crippen MR) is 275 cm³/mol. The molecule has 23 heteroatoms. The number of hydrogen-bond acceptors (Lipinski definition) is 22. The van der Waals surface area contributed by atoms with E-state index >= 15 is 0 Å². The van der Waals surface area contributed by atoms with Crippen LogP contribution < -0.4 is 0 Å². The summed E-state index contributed by atoms with van der Waals surface area (Å²) in [5.41, 5.74) is 0.824. The molecule has 27 unspecified atom stereocenters. The lowest BCUT2D eigenvalue weighted by atomic mass is 9.43. The molecule has 4 aliphatic heterocycles. The van der Waals surface area contributed by atoms with E-state index in [2.05, 4.69) is 62.0 Å². The number of ether oxygens (including phenoxy) is 8. The van der Waals surface area contributed by atoms with Gasteiger partial charge < -0.3 is 109 Å². The fraction of sp³-hybridized carbons (Fsp3) is 0.911. The summed E-state index contributed by atoms with van der Waals surface area (Å²) in [6.45, 7) is 18.4. The first-order valence-electron chi connectivity index (χ1n) is 28.4. The van der Waals surface area contributed by atoms with Crippen molar-refractivity contribution >= 4 is 5.97 Å². The summed E-state index contributed by atoms with van der Waals surface area (Å²) in [5.74, 6) is -0.320. The Balaban J connectivity index is 1.07. The van der Waals surface area contributed by atoms with Crippen molar-refractivity contribution in [2.75, 3.05) is 26.4 Å². The van der Waals surface area contributed by atoms with Crippen LogP contribution in [0.15, 0.2) is 23.3 Å². The number of carbonyl (C=O) groups is 1. The van der Waals surface area contributed by atoms with E-state index < -0.39 is 183 Å². The highest BCUT2D eigenvalue weighted by Gasteiger charge is 2.69. The first-order chi connectivity index (χ1) is 37.0. The smallest absolute Gasteiger partial charge is 0.314 e. The van der Waals surface area contributed by atoms with Crippen LogP contribution in [0, 0.1) is 44.8 Å². The van der Waals surface area contributed by atoms with Gasteiger partial charge >= 0.3 is 5.97 Å². The molecule has 8 rings (SSSR count). The Morgan fingerprint density at radius 1 is 0.582 bits per heavy atom. The molecule has 0 aromatic rings. The number of rotatable bonds is 17. The minimum Gasteiger partial charge on any atom is -0.481 e. The standard InChI is InChI=1S/C56H92O23/c1-24(10-11-25(2)52(3,4)5)26-15-19-56(51(70)71)28-12-13-33-53(6,7)34(16-17-54(33,8)27(28)14-18-55(26,56)9)76-50-46(79-48-42(68)39(65)36(62)30(21-58)73-48)45(37(63)31(22-59)74-50)78-49-43(69)40(66)44(32(23-60)75-49)77-47-41(67)38(64)35(61)29(20-57)72-47/h24,26,29-50,57-69H,2,10-23H2,1,3-9H3,(H,70,71). The van der Waals surface area contributed by atoms with Crippen LogP contribution in [0.4, 0.5) is 0 Å². The second kappa shape index (κ2) is 23.9. The first-order valence-corrected chi connectivity index (χ1v) is 28.4. The van der Waals surface area contributed by atoms with Crippen LogP contribution in [0.3, 0.4) is 0 Å². The summed E-state index contributed by atoms with van der Waals surface area (Å²) in [7, 11) is 0. The zero-order valence-corrected chi connectivity index (χ0v) is 46.9. The van der Waals surface area contributed by atoms with E-state index in [-0.39, 0.29) is 17.3 Å². The van der Waals surface area contributed by atoms with Gasteiger partial charge in [-0.3, -0.25) is 4.79 Å². The number of fused-ring (bicyclic) bond motifs is 4. The molecule has 0 radical (unpaired) electrons. The van der Waals surface area contributed by atoms with Crippen LogP contribution in [0.25, 0.3) is 0 Å². The summed E-state index contributed by atoms with van der Waals surface area (Å²) in [4.78, 5) is 14.1. The van der Waals surface area contributed by atoms with Gasteiger partial charge in [-0.15, -0.1) is 0 Å². The molecule has 0 aromatic carbocycles. The van der Waals surface area contributed by atoms with Gasteiger partial charge in [0.15, 0.2) is 25.2 Å². The van der Waals surface area contributed by atoms with Gasteiger partial charge in [0, 0.05) is 0 Å². The molecule has 2 saturated carbocycles. The number of aliphatic carboxylic acids is 1. The van der Waals surface area contributed by atoms with E-state index in [4.69, 9.17) is 37.9 Å². The van der Waals surface area contributed by atoms with E-state index in [9.17, 15) is 76.3 Å². The molecule has 6 fully saturated rings. The lowest BCUT2D eigenvalue weighted by Gasteiger charge is -2.62. The molecule has 4 saturated heterocycles. The first kappa shape index (κ1) is 63.1. The van der Waals surface area contributed by atoms with Crippen molar-refractivity contribution in [3.8, 4) is 0 Å². The van der Waals surface area contributed by atoms with E-state index in [1.54, 1.807) is 0 Å². The van der Waals surface area contributed by atoms with Gasteiger partial charge in [0.25, 0.3) is 0 Å². The van der Waals surface area contributed by atoms with Crippen molar-refractivity contribution in [2.45, 2.75) is 249 Å². The molecule has 8 aliphatic rings. The fourth-order valence-electron chi connectivity index (χ4n) is 15.7. The highest BCUT2D eigenvalue weighted by molar-refractivity contribution is 5.82. The maximum atomic E-state index is 14.1. The highest BCUT2D eigenvalue weighted by atomic mass is 16.8. The average molecular weight is 1130 g/mol. The molecule has 0 bridgehead atoms. The number of aliphatic hydroxyl groups excluding tert-OH is 13.